The topological polar surface area (TPSA) is 69.7 Å². The summed E-state index contributed by atoms with van der Waals surface area (Å²) >= 11 is 0. The van der Waals surface area contributed by atoms with Crippen molar-refractivity contribution in [3.8, 4) is 0 Å². The monoisotopic (exact) mass is 371 g/mol. The molecule has 27 heavy (non-hydrogen) atoms. The van der Waals surface area contributed by atoms with Crippen molar-refractivity contribution in [1.82, 2.24) is 15.1 Å². The van der Waals surface area contributed by atoms with E-state index in [-0.39, 0.29) is 23.6 Å². The van der Waals surface area contributed by atoms with Crippen LogP contribution in [0, 0.1) is 5.92 Å². The van der Waals surface area contributed by atoms with Crippen LogP contribution in [0.1, 0.15) is 54.9 Å². The molecule has 146 valence electrons. The number of hydrogen-bond acceptors (Lipinski definition) is 3. The summed E-state index contributed by atoms with van der Waals surface area (Å²) < 4.78 is 0. The van der Waals surface area contributed by atoms with Crippen molar-refractivity contribution in [3.05, 3.63) is 35.4 Å². The van der Waals surface area contributed by atoms with Gasteiger partial charge in [0.15, 0.2) is 0 Å². The Morgan fingerprint density at radius 2 is 1.52 bits per heavy atom. The van der Waals surface area contributed by atoms with Crippen LogP contribution in [0.3, 0.4) is 0 Å². The number of benzene rings is 1. The van der Waals surface area contributed by atoms with Crippen LogP contribution in [0.5, 0.6) is 0 Å². The predicted molar refractivity (Wildman–Crippen MR) is 103 cm³/mol. The van der Waals surface area contributed by atoms with Crippen LogP contribution in [0.15, 0.2) is 24.3 Å². The molecule has 1 saturated heterocycles. The normalized spacial score (nSPS) is 18.3. The third-order valence-corrected chi connectivity index (χ3v) is 5.66. The molecule has 2 aliphatic rings. The summed E-state index contributed by atoms with van der Waals surface area (Å²) in [6.45, 7) is 4.37. The second-order valence-electron chi connectivity index (χ2n) is 7.55. The first kappa shape index (κ1) is 19.4. The molecule has 0 unspecified atom stereocenters. The summed E-state index contributed by atoms with van der Waals surface area (Å²) in [6.07, 6.45) is 5.53. The van der Waals surface area contributed by atoms with E-state index in [4.69, 9.17) is 0 Å². The van der Waals surface area contributed by atoms with Crippen LogP contribution in [-0.2, 0) is 16.1 Å². The zero-order chi connectivity index (χ0) is 19.2. The van der Waals surface area contributed by atoms with E-state index in [1.165, 1.54) is 6.42 Å². The highest BCUT2D eigenvalue weighted by Crippen LogP contribution is 2.23. The van der Waals surface area contributed by atoms with Crippen LogP contribution >= 0.6 is 0 Å². The number of rotatable bonds is 4. The number of nitrogens with one attached hydrogen (secondary N) is 1. The van der Waals surface area contributed by atoms with E-state index in [1.807, 2.05) is 24.3 Å². The van der Waals surface area contributed by atoms with E-state index in [9.17, 15) is 14.4 Å². The molecule has 0 bridgehead atoms. The molecule has 0 spiro atoms. The quantitative estimate of drug-likeness (QED) is 0.882. The highest BCUT2D eigenvalue weighted by Gasteiger charge is 2.23. The summed E-state index contributed by atoms with van der Waals surface area (Å²) in [4.78, 5) is 39.8. The molecule has 0 atom stereocenters. The SMILES string of the molecule is CC(=O)N1CCN(C(=O)c2ccc(CNC(=O)C3CCCCC3)cc2)CC1. The molecule has 1 aromatic carbocycles. The zero-order valence-corrected chi connectivity index (χ0v) is 16.1. The smallest absolute Gasteiger partial charge is 0.253 e. The van der Waals surface area contributed by atoms with Gasteiger partial charge in [-0.05, 0) is 30.5 Å². The molecule has 2 fully saturated rings. The van der Waals surface area contributed by atoms with E-state index in [2.05, 4.69) is 5.32 Å². The average Bonchev–Trinajstić information content (AvgIpc) is 2.72. The van der Waals surface area contributed by atoms with Crippen LogP contribution in [-0.4, -0.2) is 53.7 Å². The first-order valence-electron chi connectivity index (χ1n) is 9.96. The van der Waals surface area contributed by atoms with Crippen LogP contribution in [0.4, 0.5) is 0 Å². The van der Waals surface area contributed by atoms with E-state index in [1.54, 1.807) is 16.7 Å². The molecule has 1 saturated carbocycles. The Balaban J connectivity index is 1.49. The molecule has 1 aliphatic carbocycles. The zero-order valence-electron chi connectivity index (χ0n) is 16.1. The summed E-state index contributed by atoms with van der Waals surface area (Å²) in [5.41, 5.74) is 1.64. The molecular formula is C21H29N3O3. The lowest BCUT2D eigenvalue weighted by atomic mass is 9.88. The van der Waals surface area contributed by atoms with Gasteiger partial charge in [0.2, 0.25) is 11.8 Å². The second-order valence-corrected chi connectivity index (χ2v) is 7.55. The Kier molecular flexibility index (Phi) is 6.48. The van der Waals surface area contributed by atoms with Crippen molar-refractivity contribution >= 4 is 17.7 Å². The Hall–Kier alpha value is -2.37. The molecule has 6 nitrogen and oxygen atoms in total. The summed E-state index contributed by atoms with van der Waals surface area (Å²) in [6, 6.07) is 7.45. The standard InChI is InChI=1S/C21H29N3O3/c1-16(25)23-11-13-24(14-12-23)21(27)19-9-7-17(8-10-19)15-22-20(26)18-5-3-2-4-6-18/h7-10,18H,2-6,11-15H2,1H3,(H,22,26). The third kappa shape index (κ3) is 5.08. The lowest BCUT2D eigenvalue weighted by molar-refractivity contribution is -0.130. The molecule has 1 N–H and O–H groups in total. The van der Waals surface area contributed by atoms with E-state index < -0.39 is 0 Å². The van der Waals surface area contributed by atoms with Gasteiger partial charge in [0.25, 0.3) is 5.91 Å². The molecular weight excluding hydrogens is 342 g/mol. The second kappa shape index (κ2) is 9.02. The lowest BCUT2D eigenvalue weighted by Crippen LogP contribution is -2.50. The number of carbonyl (C=O) groups excluding carboxylic acids is 3. The number of nitrogens with zero attached hydrogens (tertiary/aromatic N) is 2. The van der Waals surface area contributed by atoms with Crippen LogP contribution in [0.25, 0.3) is 0 Å². The van der Waals surface area contributed by atoms with Gasteiger partial charge in [-0.15, -0.1) is 0 Å². The molecule has 1 aromatic rings. The molecule has 1 heterocycles. The van der Waals surface area contributed by atoms with E-state index >= 15 is 0 Å². The molecule has 3 rings (SSSR count). The Morgan fingerprint density at radius 3 is 2.11 bits per heavy atom. The van der Waals surface area contributed by atoms with E-state index in [0.29, 0.717) is 38.3 Å². The number of amides is 3. The maximum Gasteiger partial charge on any atom is 0.253 e. The maximum atomic E-state index is 12.6. The van der Waals surface area contributed by atoms with Gasteiger partial charge in [0, 0.05) is 51.1 Å². The van der Waals surface area contributed by atoms with Gasteiger partial charge >= 0.3 is 0 Å². The maximum absolute atomic E-state index is 12.6. The fourth-order valence-electron chi connectivity index (χ4n) is 3.87. The Labute approximate surface area is 160 Å². The first-order valence-corrected chi connectivity index (χ1v) is 9.96. The van der Waals surface area contributed by atoms with Crippen molar-refractivity contribution in [2.45, 2.75) is 45.6 Å². The third-order valence-electron chi connectivity index (χ3n) is 5.66. The average molecular weight is 371 g/mol. The van der Waals surface area contributed by atoms with Crippen molar-refractivity contribution in [1.29, 1.82) is 0 Å². The summed E-state index contributed by atoms with van der Waals surface area (Å²) in [5, 5.41) is 3.02. The fourth-order valence-corrected chi connectivity index (χ4v) is 3.87. The van der Waals surface area contributed by atoms with Gasteiger partial charge in [-0.1, -0.05) is 31.4 Å². The fraction of sp³-hybridized carbons (Fsp3) is 0.571. The van der Waals surface area contributed by atoms with Crippen LogP contribution in [0.2, 0.25) is 0 Å². The lowest BCUT2D eigenvalue weighted by Gasteiger charge is -2.34. The molecule has 0 aromatic heterocycles. The number of piperazine rings is 1. The van der Waals surface area contributed by atoms with Gasteiger partial charge < -0.3 is 15.1 Å². The first-order chi connectivity index (χ1) is 13.0. The van der Waals surface area contributed by atoms with Gasteiger partial charge in [-0.25, -0.2) is 0 Å². The van der Waals surface area contributed by atoms with Crippen molar-refractivity contribution in [2.75, 3.05) is 26.2 Å². The van der Waals surface area contributed by atoms with Gasteiger partial charge in [-0.3, -0.25) is 14.4 Å². The van der Waals surface area contributed by atoms with Gasteiger partial charge in [0.05, 0.1) is 0 Å². The minimum absolute atomic E-state index is 0.00371. The number of hydrogen-bond donors (Lipinski definition) is 1. The van der Waals surface area contributed by atoms with Crippen molar-refractivity contribution in [3.63, 3.8) is 0 Å². The van der Waals surface area contributed by atoms with E-state index in [0.717, 1.165) is 31.2 Å². The predicted octanol–water partition coefficient (Wildman–Crippen LogP) is 2.19. The Morgan fingerprint density at radius 1 is 0.926 bits per heavy atom. The summed E-state index contributed by atoms with van der Waals surface area (Å²) in [7, 11) is 0. The van der Waals surface area contributed by atoms with Gasteiger partial charge in [0.1, 0.15) is 0 Å². The molecule has 3 amide bonds. The van der Waals surface area contributed by atoms with Crippen molar-refractivity contribution in [2.24, 2.45) is 5.92 Å². The highest BCUT2D eigenvalue weighted by atomic mass is 16.2. The minimum atomic E-state index is -0.00371. The van der Waals surface area contributed by atoms with Crippen molar-refractivity contribution < 1.29 is 14.4 Å². The minimum Gasteiger partial charge on any atom is -0.352 e. The molecule has 0 radical (unpaired) electrons. The molecule has 1 aliphatic heterocycles. The summed E-state index contributed by atoms with van der Waals surface area (Å²) in [5.74, 6) is 0.365. The number of carbonyl (C=O) groups is 3. The van der Waals surface area contributed by atoms with Crippen LogP contribution < -0.4 is 5.32 Å². The Bertz CT molecular complexity index is 672. The molecule has 6 heteroatoms. The largest absolute Gasteiger partial charge is 0.352 e. The van der Waals surface area contributed by atoms with Gasteiger partial charge in [-0.2, -0.15) is 0 Å². The highest BCUT2D eigenvalue weighted by molar-refractivity contribution is 5.94.